The van der Waals surface area contributed by atoms with Crippen LogP contribution in [-0.4, -0.2) is 5.11 Å². The Morgan fingerprint density at radius 3 is 2.73 bits per heavy atom. The summed E-state index contributed by atoms with van der Waals surface area (Å²) in [5.41, 5.74) is 2.68. The first-order valence-electron chi connectivity index (χ1n) is 3.45. The summed E-state index contributed by atoms with van der Waals surface area (Å²) in [6.45, 7) is 1.95. The fourth-order valence-electron chi connectivity index (χ4n) is 1.07. The van der Waals surface area contributed by atoms with Crippen molar-refractivity contribution in [3.8, 4) is 12.3 Å². The molecule has 1 heteroatoms. The number of aliphatic hydroxyl groups excluding tert-OH is 1. The second-order valence-electron chi connectivity index (χ2n) is 2.41. The molecule has 0 aliphatic heterocycles. The lowest BCUT2D eigenvalue weighted by molar-refractivity contribution is 0.281. The van der Waals surface area contributed by atoms with Gasteiger partial charge in [-0.25, -0.2) is 0 Å². The molecule has 0 aromatic heterocycles. The molecule has 1 rings (SSSR count). The molecule has 0 amide bonds. The van der Waals surface area contributed by atoms with Gasteiger partial charge in [-0.3, -0.25) is 0 Å². The van der Waals surface area contributed by atoms with Crippen molar-refractivity contribution >= 4 is 0 Å². The fourth-order valence-corrected chi connectivity index (χ4v) is 1.07. The second-order valence-corrected chi connectivity index (χ2v) is 2.41. The summed E-state index contributed by atoms with van der Waals surface area (Å²) >= 11 is 0. The van der Waals surface area contributed by atoms with Crippen LogP contribution in [0.2, 0.25) is 0 Å². The van der Waals surface area contributed by atoms with Gasteiger partial charge in [0.05, 0.1) is 6.61 Å². The van der Waals surface area contributed by atoms with Crippen LogP contribution in [0.1, 0.15) is 16.7 Å². The molecular weight excluding hydrogens is 136 g/mol. The van der Waals surface area contributed by atoms with Gasteiger partial charge in [-0.15, -0.1) is 6.42 Å². The number of aliphatic hydroxyl groups is 1. The second kappa shape index (κ2) is 3.23. The van der Waals surface area contributed by atoms with E-state index in [2.05, 4.69) is 5.92 Å². The van der Waals surface area contributed by atoms with Crippen LogP contribution in [0.4, 0.5) is 0 Å². The number of aryl methyl sites for hydroxylation is 1. The van der Waals surface area contributed by atoms with Crippen molar-refractivity contribution in [3.63, 3.8) is 0 Å². The normalized spacial score (nSPS) is 9.18. The average Bonchev–Trinajstić information content (AvgIpc) is 2.04. The molecule has 0 saturated carbocycles. The fraction of sp³-hybridized carbons (Fsp3) is 0.200. The molecule has 0 saturated heterocycles. The van der Waals surface area contributed by atoms with Crippen molar-refractivity contribution in [2.45, 2.75) is 13.5 Å². The predicted octanol–water partition coefficient (Wildman–Crippen LogP) is 1.47. The van der Waals surface area contributed by atoms with E-state index in [0.29, 0.717) is 0 Å². The summed E-state index contributed by atoms with van der Waals surface area (Å²) in [4.78, 5) is 0. The molecule has 1 N–H and O–H groups in total. The first kappa shape index (κ1) is 7.84. The predicted molar refractivity (Wildman–Crippen MR) is 45.0 cm³/mol. The molecule has 0 spiro atoms. The molecule has 0 bridgehead atoms. The first-order chi connectivity index (χ1) is 5.29. The minimum Gasteiger partial charge on any atom is -0.392 e. The topological polar surface area (TPSA) is 20.2 Å². The Bertz CT molecular complexity index is 294. The van der Waals surface area contributed by atoms with Crippen molar-refractivity contribution in [3.05, 3.63) is 34.9 Å². The van der Waals surface area contributed by atoms with Crippen LogP contribution < -0.4 is 0 Å². The van der Waals surface area contributed by atoms with Crippen LogP contribution in [0.5, 0.6) is 0 Å². The SMILES string of the molecule is C#Cc1c(C)cccc1CO. The maximum absolute atomic E-state index is 8.88. The Labute approximate surface area is 66.7 Å². The molecule has 0 radical (unpaired) electrons. The first-order valence-corrected chi connectivity index (χ1v) is 3.45. The number of benzene rings is 1. The van der Waals surface area contributed by atoms with E-state index in [9.17, 15) is 0 Å². The zero-order chi connectivity index (χ0) is 8.27. The highest BCUT2D eigenvalue weighted by atomic mass is 16.3. The third kappa shape index (κ3) is 1.42. The molecular formula is C10H10O. The number of hydrogen-bond donors (Lipinski definition) is 1. The maximum Gasteiger partial charge on any atom is 0.0694 e. The van der Waals surface area contributed by atoms with Crippen molar-refractivity contribution < 1.29 is 5.11 Å². The highest BCUT2D eigenvalue weighted by Gasteiger charge is 1.99. The molecule has 0 aliphatic carbocycles. The van der Waals surface area contributed by atoms with Gasteiger partial charge in [0.1, 0.15) is 0 Å². The van der Waals surface area contributed by atoms with E-state index >= 15 is 0 Å². The number of terminal acetylenes is 1. The molecule has 0 aliphatic rings. The average molecular weight is 146 g/mol. The molecule has 0 atom stereocenters. The van der Waals surface area contributed by atoms with Gasteiger partial charge in [-0.05, 0) is 18.1 Å². The van der Waals surface area contributed by atoms with E-state index in [1.807, 2.05) is 25.1 Å². The standard InChI is InChI=1S/C10H10O/c1-3-10-8(2)5-4-6-9(10)7-11/h1,4-6,11H,7H2,2H3. The molecule has 1 nitrogen and oxygen atoms in total. The third-order valence-electron chi connectivity index (χ3n) is 1.67. The summed E-state index contributed by atoms with van der Waals surface area (Å²) < 4.78 is 0. The largest absolute Gasteiger partial charge is 0.392 e. The quantitative estimate of drug-likeness (QED) is 0.595. The van der Waals surface area contributed by atoms with Crippen molar-refractivity contribution in [1.29, 1.82) is 0 Å². The smallest absolute Gasteiger partial charge is 0.0694 e. The van der Waals surface area contributed by atoms with E-state index in [1.165, 1.54) is 0 Å². The lowest BCUT2D eigenvalue weighted by Gasteiger charge is -2.02. The van der Waals surface area contributed by atoms with Gasteiger partial charge in [0.2, 0.25) is 0 Å². The Kier molecular flexibility index (Phi) is 2.30. The van der Waals surface area contributed by atoms with E-state index in [0.717, 1.165) is 16.7 Å². The van der Waals surface area contributed by atoms with Crippen LogP contribution in [0, 0.1) is 19.3 Å². The van der Waals surface area contributed by atoms with Gasteiger partial charge in [-0.1, -0.05) is 24.1 Å². The molecule has 0 unspecified atom stereocenters. The van der Waals surface area contributed by atoms with Crippen LogP contribution in [0.3, 0.4) is 0 Å². The minimum absolute atomic E-state index is 0.0151. The van der Waals surface area contributed by atoms with Gasteiger partial charge >= 0.3 is 0 Å². The van der Waals surface area contributed by atoms with Gasteiger partial charge in [-0.2, -0.15) is 0 Å². The van der Waals surface area contributed by atoms with E-state index in [4.69, 9.17) is 11.5 Å². The summed E-state index contributed by atoms with van der Waals surface area (Å²) in [7, 11) is 0. The Morgan fingerprint density at radius 1 is 1.55 bits per heavy atom. The monoisotopic (exact) mass is 146 g/mol. The van der Waals surface area contributed by atoms with Gasteiger partial charge in [0.15, 0.2) is 0 Å². The molecule has 11 heavy (non-hydrogen) atoms. The van der Waals surface area contributed by atoms with Crippen molar-refractivity contribution in [2.75, 3.05) is 0 Å². The minimum atomic E-state index is 0.0151. The molecule has 1 aromatic carbocycles. The van der Waals surface area contributed by atoms with Gasteiger partial charge in [0, 0.05) is 5.56 Å². The summed E-state index contributed by atoms with van der Waals surface area (Å²) in [6, 6.07) is 5.66. The van der Waals surface area contributed by atoms with Crippen molar-refractivity contribution in [2.24, 2.45) is 0 Å². The summed E-state index contributed by atoms with van der Waals surface area (Å²) in [5.74, 6) is 2.55. The Hall–Kier alpha value is -1.26. The zero-order valence-electron chi connectivity index (χ0n) is 6.46. The lowest BCUT2D eigenvalue weighted by Crippen LogP contribution is -1.91. The zero-order valence-corrected chi connectivity index (χ0v) is 6.46. The van der Waals surface area contributed by atoms with E-state index in [-0.39, 0.29) is 6.61 Å². The molecule has 0 heterocycles. The van der Waals surface area contributed by atoms with Crippen LogP contribution in [0.15, 0.2) is 18.2 Å². The Morgan fingerprint density at radius 2 is 2.27 bits per heavy atom. The highest BCUT2D eigenvalue weighted by molar-refractivity contribution is 5.45. The van der Waals surface area contributed by atoms with E-state index in [1.54, 1.807) is 0 Å². The van der Waals surface area contributed by atoms with Crippen LogP contribution in [-0.2, 0) is 6.61 Å². The number of hydrogen-bond acceptors (Lipinski definition) is 1. The maximum atomic E-state index is 8.88. The van der Waals surface area contributed by atoms with Crippen LogP contribution >= 0.6 is 0 Å². The molecule has 0 fully saturated rings. The third-order valence-corrected chi connectivity index (χ3v) is 1.67. The Balaban J connectivity index is 3.27. The summed E-state index contributed by atoms with van der Waals surface area (Å²) in [6.07, 6.45) is 5.27. The number of rotatable bonds is 1. The lowest BCUT2D eigenvalue weighted by atomic mass is 10.0. The highest BCUT2D eigenvalue weighted by Crippen LogP contribution is 2.12. The van der Waals surface area contributed by atoms with Gasteiger partial charge < -0.3 is 5.11 Å². The molecule has 56 valence electrons. The molecule has 1 aromatic rings. The van der Waals surface area contributed by atoms with Crippen LogP contribution in [0.25, 0.3) is 0 Å². The van der Waals surface area contributed by atoms with Crippen molar-refractivity contribution in [1.82, 2.24) is 0 Å². The van der Waals surface area contributed by atoms with E-state index < -0.39 is 0 Å². The summed E-state index contributed by atoms with van der Waals surface area (Å²) in [5, 5.41) is 8.88. The van der Waals surface area contributed by atoms with Gasteiger partial charge in [0.25, 0.3) is 0 Å².